The second-order valence-electron chi connectivity index (χ2n) is 5.64. The van der Waals surface area contributed by atoms with Gasteiger partial charge in [-0.1, -0.05) is 0 Å². The van der Waals surface area contributed by atoms with E-state index >= 15 is 0 Å². The van der Waals surface area contributed by atoms with Crippen LogP contribution in [-0.4, -0.2) is 40.9 Å². The lowest BCUT2D eigenvalue weighted by Gasteiger charge is -2.20. The maximum absolute atomic E-state index is 11.6. The van der Waals surface area contributed by atoms with Crippen molar-refractivity contribution in [1.82, 2.24) is 20.4 Å². The molecule has 1 N–H and O–H groups in total. The van der Waals surface area contributed by atoms with Crippen molar-refractivity contribution in [2.24, 2.45) is 0 Å². The first-order chi connectivity index (χ1) is 8.67. The van der Waals surface area contributed by atoms with Crippen LogP contribution < -0.4 is 5.32 Å². The standard InChI is InChI=1S/C12H22N4O3/c1-8(13-11(17)19-12(2,3)4)10-15-14-9(18-10)7-16(5)6/h8H,7H2,1-6H3,(H,13,17). The second-order valence-corrected chi connectivity index (χ2v) is 5.64. The van der Waals surface area contributed by atoms with Crippen molar-refractivity contribution in [3.63, 3.8) is 0 Å². The second kappa shape index (κ2) is 6.01. The summed E-state index contributed by atoms with van der Waals surface area (Å²) in [7, 11) is 3.82. The van der Waals surface area contributed by atoms with Crippen LogP contribution in [0.5, 0.6) is 0 Å². The zero-order valence-electron chi connectivity index (χ0n) is 12.4. The predicted molar refractivity (Wildman–Crippen MR) is 69.5 cm³/mol. The van der Waals surface area contributed by atoms with Gasteiger partial charge in [0.1, 0.15) is 11.6 Å². The summed E-state index contributed by atoms with van der Waals surface area (Å²) < 4.78 is 10.6. The highest BCUT2D eigenvalue weighted by atomic mass is 16.6. The Bertz CT molecular complexity index is 423. The third kappa shape index (κ3) is 5.69. The third-order valence-corrected chi connectivity index (χ3v) is 2.04. The Kier molecular flexibility index (Phi) is 4.88. The first kappa shape index (κ1) is 15.4. The molecule has 1 atom stereocenters. The molecule has 1 amide bonds. The van der Waals surface area contributed by atoms with Gasteiger partial charge in [-0.3, -0.25) is 0 Å². The van der Waals surface area contributed by atoms with Crippen LogP contribution in [0.4, 0.5) is 4.79 Å². The third-order valence-electron chi connectivity index (χ3n) is 2.04. The number of carbonyl (C=O) groups is 1. The highest BCUT2D eigenvalue weighted by Crippen LogP contribution is 2.13. The molecule has 1 aromatic heterocycles. The number of amides is 1. The van der Waals surface area contributed by atoms with E-state index in [0.29, 0.717) is 18.3 Å². The summed E-state index contributed by atoms with van der Waals surface area (Å²) in [6.07, 6.45) is -0.507. The first-order valence-electron chi connectivity index (χ1n) is 6.14. The molecule has 0 bridgehead atoms. The molecule has 108 valence electrons. The van der Waals surface area contributed by atoms with E-state index in [2.05, 4.69) is 15.5 Å². The molecule has 0 aliphatic rings. The maximum Gasteiger partial charge on any atom is 0.408 e. The van der Waals surface area contributed by atoms with Crippen LogP contribution in [0.2, 0.25) is 0 Å². The molecule has 1 rings (SSSR count). The van der Waals surface area contributed by atoms with Crippen molar-refractivity contribution < 1.29 is 13.9 Å². The van der Waals surface area contributed by atoms with E-state index in [1.54, 1.807) is 27.7 Å². The normalized spacial score (nSPS) is 13.4. The Hall–Kier alpha value is -1.63. The molecule has 1 aromatic rings. The Balaban J connectivity index is 2.56. The predicted octanol–water partition coefficient (Wildman–Crippen LogP) is 1.72. The van der Waals surface area contributed by atoms with Crippen LogP contribution in [0.15, 0.2) is 4.42 Å². The van der Waals surface area contributed by atoms with Gasteiger partial charge in [0, 0.05) is 0 Å². The van der Waals surface area contributed by atoms with Gasteiger partial charge in [-0.2, -0.15) is 0 Å². The van der Waals surface area contributed by atoms with Gasteiger partial charge in [0.2, 0.25) is 11.8 Å². The molecule has 0 aromatic carbocycles. The average molecular weight is 270 g/mol. The quantitative estimate of drug-likeness (QED) is 0.897. The molecule has 0 spiro atoms. The van der Waals surface area contributed by atoms with Crippen LogP contribution in [-0.2, 0) is 11.3 Å². The van der Waals surface area contributed by atoms with Gasteiger partial charge >= 0.3 is 6.09 Å². The van der Waals surface area contributed by atoms with E-state index in [-0.39, 0.29) is 0 Å². The van der Waals surface area contributed by atoms with Crippen LogP contribution in [0, 0.1) is 0 Å². The lowest BCUT2D eigenvalue weighted by molar-refractivity contribution is 0.0500. The number of nitrogens with zero attached hydrogens (tertiary/aromatic N) is 3. The van der Waals surface area contributed by atoms with Gasteiger partial charge in [-0.25, -0.2) is 4.79 Å². The summed E-state index contributed by atoms with van der Waals surface area (Å²) in [5.41, 5.74) is -0.533. The molecule has 0 aliphatic heterocycles. The largest absolute Gasteiger partial charge is 0.444 e. The molecule has 0 fully saturated rings. The van der Waals surface area contributed by atoms with Crippen LogP contribution in [0.1, 0.15) is 45.5 Å². The molecule has 0 aliphatic carbocycles. The molecule has 0 saturated heterocycles. The number of aromatic nitrogens is 2. The van der Waals surface area contributed by atoms with Crippen molar-refractivity contribution in [2.45, 2.75) is 45.9 Å². The highest BCUT2D eigenvalue weighted by Gasteiger charge is 2.21. The lowest BCUT2D eigenvalue weighted by Crippen LogP contribution is -2.34. The fourth-order valence-electron chi connectivity index (χ4n) is 1.32. The first-order valence-corrected chi connectivity index (χ1v) is 6.14. The minimum Gasteiger partial charge on any atom is -0.444 e. The molecule has 0 radical (unpaired) electrons. The number of alkyl carbamates (subject to hydrolysis) is 1. The number of nitrogens with one attached hydrogen (secondary N) is 1. The number of carbonyl (C=O) groups excluding carboxylic acids is 1. The van der Waals surface area contributed by atoms with Crippen molar-refractivity contribution >= 4 is 6.09 Å². The van der Waals surface area contributed by atoms with Crippen molar-refractivity contribution in [3.05, 3.63) is 11.8 Å². The summed E-state index contributed by atoms with van der Waals surface area (Å²) >= 11 is 0. The van der Waals surface area contributed by atoms with E-state index < -0.39 is 17.7 Å². The molecule has 7 nitrogen and oxygen atoms in total. The SMILES string of the molecule is CC(NC(=O)OC(C)(C)C)c1nnc(CN(C)C)o1. The molecule has 1 unspecified atom stereocenters. The monoisotopic (exact) mass is 270 g/mol. The summed E-state index contributed by atoms with van der Waals surface area (Å²) in [5, 5.41) is 10.5. The van der Waals surface area contributed by atoms with Crippen LogP contribution >= 0.6 is 0 Å². The van der Waals surface area contributed by atoms with Gasteiger partial charge in [0.15, 0.2) is 0 Å². The van der Waals surface area contributed by atoms with Gasteiger partial charge in [-0.15, -0.1) is 10.2 Å². The Labute approximate surface area is 113 Å². The minimum absolute atomic E-state index is 0.364. The fourth-order valence-corrected chi connectivity index (χ4v) is 1.32. The molecular formula is C12H22N4O3. The van der Waals surface area contributed by atoms with Crippen LogP contribution in [0.3, 0.4) is 0 Å². The van der Waals surface area contributed by atoms with E-state index in [9.17, 15) is 4.79 Å². The van der Waals surface area contributed by atoms with Gasteiger partial charge in [0.25, 0.3) is 0 Å². The number of rotatable bonds is 4. The Morgan fingerprint density at radius 1 is 1.42 bits per heavy atom. The van der Waals surface area contributed by atoms with E-state index in [0.717, 1.165) is 0 Å². The Morgan fingerprint density at radius 2 is 2.05 bits per heavy atom. The summed E-state index contributed by atoms with van der Waals surface area (Å²) in [6.45, 7) is 7.74. The van der Waals surface area contributed by atoms with E-state index in [1.807, 2.05) is 19.0 Å². The highest BCUT2D eigenvalue weighted by molar-refractivity contribution is 5.68. The number of ether oxygens (including phenoxy) is 1. The maximum atomic E-state index is 11.6. The number of hydrogen-bond acceptors (Lipinski definition) is 6. The van der Waals surface area contributed by atoms with Crippen molar-refractivity contribution in [3.8, 4) is 0 Å². The average Bonchev–Trinajstić information content (AvgIpc) is 2.61. The summed E-state index contributed by atoms with van der Waals surface area (Å²) in [5.74, 6) is 0.876. The zero-order chi connectivity index (χ0) is 14.6. The minimum atomic E-state index is -0.533. The van der Waals surface area contributed by atoms with Crippen molar-refractivity contribution in [1.29, 1.82) is 0 Å². The van der Waals surface area contributed by atoms with Gasteiger partial charge in [-0.05, 0) is 41.8 Å². The molecule has 7 heteroatoms. The molecule has 19 heavy (non-hydrogen) atoms. The number of hydrogen-bond donors (Lipinski definition) is 1. The lowest BCUT2D eigenvalue weighted by atomic mass is 10.2. The zero-order valence-corrected chi connectivity index (χ0v) is 12.4. The van der Waals surface area contributed by atoms with Gasteiger partial charge < -0.3 is 19.4 Å². The topological polar surface area (TPSA) is 80.5 Å². The Morgan fingerprint density at radius 3 is 2.58 bits per heavy atom. The summed E-state index contributed by atoms with van der Waals surface area (Å²) in [4.78, 5) is 13.5. The summed E-state index contributed by atoms with van der Waals surface area (Å²) in [6, 6.07) is -0.390. The molecule has 0 saturated carbocycles. The van der Waals surface area contributed by atoms with Gasteiger partial charge in [0.05, 0.1) is 6.54 Å². The smallest absolute Gasteiger partial charge is 0.408 e. The van der Waals surface area contributed by atoms with Crippen LogP contribution in [0.25, 0.3) is 0 Å². The van der Waals surface area contributed by atoms with E-state index in [4.69, 9.17) is 9.15 Å². The fraction of sp³-hybridized carbons (Fsp3) is 0.750. The molecule has 1 heterocycles. The molecular weight excluding hydrogens is 248 g/mol. The van der Waals surface area contributed by atoms with E-state index in [1.165, 1.54) is 0 Å². The van der Waals surface area contributed by atoms with Crippen molar-refractivity contribution in [2.75, 3.05) is 14.1 Å².